The SMILES string of the molecule is [CH2]OC(=O)c1ccc(F)cc1F. The molecule has 12 heavy (non-hydrogen) atoms. The lowest BCUT2D eigenvalue weighted by Gasteiger charge is -1.99. The lowest BCUT2D eigenvalue weighted by molar-refractivity contribution is 0.0649. The first-order valence-corrected chi connectivity index (χ1v) is 3.06. The fourth-order valence-electron chi connectivity index (χ4n) is 0.733. The van der Waals surface area contributed by atoms with Crippen molar-refractivity contribution >= 4 is 5.97 Å². The molecule has 0 amide bonds. The van der Waals surface area contributed by atoms with E-state index in [1.807, 2.05) is 0 Å². The van der Waals surface area contributed by atoms with Crippen molar-refractivity contribution < 1.29 is 18.3 Å². The summed E-state index contributed by atoms with van der Waals surface area (Å²) in [6.45, 7) is 0. The number of hydrogen-bond donors (Lipinski definition) is 0. The van der Waals surface area contributed by atoms with Crippen LogP contribution in [0.4, 0.5) is 8.78 Å². The molecular formula is C8H5F2O2. The Morgan fingerprint density at radius 3 is 2.58 bits per heavy atom. The molecule has 0 saturated carbocycles. The summed E-state index contributed by atoms with van der Waals surface area (Å²) < 4.78 is 29.0. The van der Waals surface area contributed by atoms with Gasteiger partial charge in [-0.1, -0.05) is 0 Å². The van der Waals surface area contributed by atoms with Crippen LogP contribution >= 0.6 is 0 Å². The smallest absolute Gasteiger partial charge is 0.341 e. The van der Waals surface area contributed by atoms with Gasteiger partial charge in [-0.2, -0.15) is 0 Å². The average Bonchev–Trinajstić information content (AvgIpc) is 2.03. The fourth-order valence-corrected chi connectivity index (χ4v) is 0.733. The second-order valence-corrected chi connectivity index (χ2v) is 2.06. The zero-order valence-electron chi connectivity index (χ0n) is 6.01. The summed E-state index contributed by atoms with van der Waals surface area (Å²) in [5.41, 5.74) is -0.327. The third kappa shape index (κ3) is 1.58. The van der Waals surface area contributed by atoms with Crippen LogP contribution in [0.2, 0.25) is 0 Å². The van der Waals surface area contributed by atoms with Gasteiger partial charge in [0.05, 0.1) is 5.56 Å². The van der Waals surface area contributed by atoms with E-state index in [1.165, 1.54) is 0 Å². The number of benzene rings is 1. The third-order valence-electron chi connectivity index (χ3n) is 1.28. The minimum atomic E-state index is -0.955. The summed E-state index contributed by atoms with van der Waals surface area (Å²) in [7, 11) is 2.82. The molecule has 1 rings (SSSR count). The largest absolute Gasteiger partial charge is 0.458 e. The Balaban J connectivity index is 3.09. The minimum Gasteiger partial charge on any atom is -0.458 e. The van der Waals surface area contributed by atoms with E-state index in [2.05, 4.69) is 11.8 Å². The van der Waals surface area contributed by atoms with Crippen LogP contribution in [-0.2, 0) is 4.74 Å². The zero-order valence-corrected chi connectivity index (χ0v) is 6.01. The fraction of sp³-hybridized carbons (Fsp3) is 0. The van der Waals surface area contributed by atoms with E-state index < -0.39 is 17.6 Å². The Morgan fingerprint density at radius 1 is 1.42 bits per heavy atom. The van der Waals surface area contributed by atoms with Gasteiger partial charge in [0.15, 0.2) is 0 Å². The molecule has 2 nitrogen and oxygen atoms in total. The van der Waals surface area contributed by atoms with Crippen LogP contribution in [0.5, 0.6) is 0 Å². The molecule has 1 radical (unpaired) electrons. The van der Waals surface area contributed by atoms with E-state index in [-0.39, 0.29) is 5.56 Å². The first-order chi connectivity index (χ1) is 5.65. The van der Waals surface area contributed by atoms with Crippen LogP contribution < -0.4 is 0 Å². The molecule has 0 spiro atoms. The Morgan fingerprint density at radius 2 is 2.08 bits per heavy atom. The number of carbonyl (C=O) groups is 1. The van der Waals surface area contributed by atoms with Crippen LogP contribution in [-0.4, -0.2) is 5.97 Å². The van der Waals surface area contributed by atoms with Gasteiger partial charge in [0, 0.05) is 6.07 Å². The average molecular weight is 171 g/mol. The maximum atomic E-state index is 12.7. The monoisotopic (exact) mass is 171 g/mol. The van der Waals surface area contributed by atoms with Crippen molar-refractivity contribution in [3.8, 4) is 0 Å². The highest BCUT2D eigenvalue weighted by Gasteiger charge is 2.11. The number of esters is 1. The number of hydrogen-bond acceptors (Lipinski definition) is 2. The summed E-state index contributed by atoms with van der Waals surface area (Å²) in [5.74, 6) is -2.62. The van der Waals surface area contributed by atoms with Gasteiger partial charge in [-0.25, -0.2) is 13.6 Å². The quantitative estimate of drug-likeness (QED) is 0.603. The summed E-state index contributed by atoms with van der Waals surface area (Å²) in [6, 6.07) is 2.57. The zero-order chi connectivity index (χ0) is 9.14. The molecule has 0 heterocycles. The van der Waals surface area contributed by atoms with Gasteiger partial charge < -0.3 is 4.74 Å². The molecule has 63 valence electrons. The second-order valence-electron chi connectivity index (χ2n) is 2.06. The molecule has 0 fully saturated rings. The van der Waals surface area contributed by atoms with Gasteiger partial charge in [-0.15, -0.1) is 0 Å². The predicted molar refractivity (Wildman–Crippen MR) is 37.1 cm³/mol. The molecular weight excluding hydrogens is 166 g/mol. The molecule has 1 aromatic carbocycles. The summed E-state index contributed by atoms with van der Waals surface area (Å²) in [5, 5.41) is 0. The number of ether oxygens (including phenoxy) is 1. The molecule has 0 aliphatic carbocycles. The Bertz CT molecular complexity index is 310. The minimum absolute atomic E-state index is 0.327. The van der Waals surface area contributed by atoms with Crippen molar-refractivity contribution in [2.45, 2.75) is 0 Å². The Labute approximate surface area is 67.8 Å². The summed E-state index contributed by atoms with van der Waals surface area (Å²) in [4.78, 5) is 10.7. The molecule has 0 unspecified atom stereocenters. The van der Waals surface area contributed by atoms with Crippen molar-refractivity contribution in [3.63, 3.8) is 0 Å². The van der Waals surface area contributed by atoms with E-state index >= 15 is 0 Å². The molecule has 0 aromatic heterocycles. The highest BCUT2D eigenvalue weighted by atomic mass is 19.1. The van der Waals surface area contributed by atoms with E-state index in [1.54, 1.807) is 0 Å². The van der Waals surface area contributed by atoms with Crippen LogP contribution in [0, 0.1) is 18.7 Å². The summed E-state index contributed by atoms with van der Waals surface area (Å²) in [6.07, 6.45) is 0. The summed E-state index contributed by atoms with van der Waals surface area (Å²) >= 11 is 0. The van der Waals surface area contributed by atoms with Gasteiger partial charge in [-0.05, 0) is 12.1 Å². The molecule has 1 aromatic rings. The third-order valence-corrected chi connectivity index (χ3v) is 1.28. The van der Waals surface area contributed by atoms with Crippen molar-refractivity contribution in [2.24, 2.45) is 0 Å². The Hall–Kier alpha value is -1.45. The van der Waals surface area contributed by atoms with E-state index in [4.69, 9.17) is 0 Å². The molecule has 0 saturated heterocycles. The van der Waals surface area contributed by atoms with E-state index in [0.717, 1.165) is 12.1 Å². The normalized spacial score (nSPS) is 9.58. The standard InChI is InChI=1S/C8H5F2O2/c1-12-8(11)6-3-2-5(9)4-7(6)10/h2-4H,1H2. The van der Waals surface area contributed by atoms with Crippen molar-refractivity contribution in [2.75, 3.05) is 0 Å². The highest BCUT2D eigenvalue weighted by Crippen LogP contribution is 2.10. The van der Waals surface area contributed by atoms with Gasteiger partial charge in [-0.3, -0.25) is 0 Å². The van der Waals surface area contributed by atoms with Gasteiger partial charge in [0.2, 0.25) is 0 Å². The van der Waals surface area contributed by atoms with Crippen LogP contribution in [0.1, 0.15) is 10.4 Å². The number of rotatable bonds is 1. The van der Waals surface area contributed by atoms with Crippen molar-refractivity contribution in [1.29, 1.82) is 0 Å². The molecule has 0 aliphatic heterocycles. The van der Waals surface area contributed by atoms with Crippen molar-refractivity contribution in [3.05, 3.63) is 42.5 Å². The maximum absolute atomic E-state index is 12.7. The topological polar surface area (TPSA) is 26.3 Å². The van der Waals surface area contributed by atoms with Gasteiger partial charge >= 0.3 is 5.97 Å². The molecule has 0 aliphatic rings. The van der Waals surface area contributed by atoms with Crippen molar-refractivity contribution in [1.82, 2.24) is 0 Å². The molecule has 4 heteroatoms. The maximum Gasteiger partial charge on any atom is 0.341 e. The van der Waals surface area contributed by atoms with Crippen LogP contribution in [0.25, 0.3) is 0 Å². The van der Waals surface area contributed by atoms with Crippen LogP contribution in [0.3, 0.4) is 0 Å². The number of carbonyl (C=O) groups excluding carboxylic acids is 1. The molecule has 0 bridgehead atoms. The highest BCUT2D eigenvalue weighted by molar-refractivity contribution is 5.89. The predicted octanol–water partition coefficient (Wildman–Crippen LogP) is 1.91. The second kappa shape index (κ2) is 3.30. The Kier molecular flexibility index (Phi) is 2.38. The van der Waals surface area contributed by atoms with E-state index in [0.29, 0.717) is 6.07 Å². The molecule has 0 N–H and O–H groups in total. The lowest BCUT2D eigenvalue weighted by atomic mass is 10.2. The molecule has 0 atom stereocenters. The first kappa shape index (κ1) is 8.64. The number of halogens is 2. The lowest BCUT2D eigenvalue weighted by Crippen LogP contribution is -2.03. The van der Waals surface area contributed by atoms with Crippen LogP contribution in [0.15, 0.2) is 18.2 Å². The first-order valence-electron chi connectivity index (χ1n) is 3.06. The van der Waals surface area contributed by atoms with Gasteiger partial charge in [0.1, 0.15) is 18.7 Å². The van der Waals surface area contributed by atoms with E-state index in [9.17, 15) is 13.6 Å². The van der Waals surface area contributed by atoms with Gasteiger partial charge in [0.25, 0.3) is 0 Å².